The van der Waals surface area contributed by atoms with Gasteiger partial charge >= 0.3 is 0 Å². The Hall–Kier alpha value is -1.29. The third-order valence-electron chi connectivity index (χ3n) is 8.49. The number of ketones is 3. The van der Waals surface area contributed by atoms with E-state index in [0.717, 1.165) is 25.7 Å². The molecule has 0 amide bonds. The van der Waals surface area contributed by atoms with Crippen LogP contribution < -0.4 is 0 Å². The lowest BCUT2D eigenvalue weighted by atomic mass is 9.46. The number of rotatable bonds is 2. The second-order valence-corrected chi connectivity index (χ2v) is 9.80. The molecule has 3 fully saturated rings. The van der Waals surface area contributed by atoms with Gasteiger partial charge in [0, 0.05) is 24.7 Å². The minimum absolute atomic E-state index is 0.0103. The summed E-state index contributed by atoms with van der Waals surface area (Å²) < 4.78 is 0. The highest BCUT2D eigenvalue weighted by Gasteiger charge is 2.64. The molecule has 0 aromatic heterocycles. The molecule has 0 bridgehead atoms. The van der Waals surface area contributed by atoms with Crippen LogP contribution in [0.3, 0.4) is 0 Å². The Labute approximate surface area is 155 Å². The van der Waals surface area contributed by atoms with E-state index < -0.39 is 6.61 Å². The van der Waals surface area contributed by atoms with Crippen molar-refractivity contribution in [3.8, 4) is 0 Å². The molecule has 4 rings (SSSR count). The maximum atomic E-state index is 13.4. The lowest BCUT2D eigenvalue weighted by molar-refractivity contribution is -0.149. The standard InChI is InChI=1S/C22H30O4/c1-12-8-16-15-5-4-13-9-14(24)6-7-21(13,2)20(15)17(25)10-22(16,3)19(12)18(26)11-23/h9,12,15-16,19-20,23H,4-8,10-11H2,1-3H3/t12-,15+,16+,19-,20-,21+,22+/m1/s1. The number of Topliss-reactive ketones (excluding diaryl/α,β-unsaturated/α-hetero) is 2. The smallest absolute Gasteiger partial charge is 0.162 e. The first kappa shape index (κ1) is 18.1. The van der Waals surface area contributed by atoms with E-state index in [1.165, 1.54) is 5.57 Å². The molecule has 142 valence electrons. The lowest BCUT2D eigenvalue weighted by Crippen LogP contribution is -2.55. The lowest BCUT2D eigenvalue weighted by Gasteiger charge is -2.56. The van der Waals surface area contributed by atoms with Crippen LogP contribution in [0.15, 0.2) is 11.6 Å². The molecule has 4 aliphatic carbocycles. The molecule has 7 atom stereocenters. The molecule has 4 aliphatic rings. The molecule has 0 unspecified atom stereocenters. The summed E-state index contributed by atoms with van der Waals surface area (Å²) in [7, 11) is 0. The highest BCUT2D eigenvalue weighted by atomic mass is 16.3. The summed E-state index contributed by atoms with van der Waals surface area (Å²) in [6, 6.07) is 0. The van der Waals surface area contributed by atoms with Crippen LogP contribution in [-0.4, -0.2) is 29.1 Å². The minimum Gasteiger partial charge on any atom is -0.389 e. The number of allylic oxidation sites excluding steroid dienone is 1. The molecule has 0 saturated heterocycles. The highest BCUT2D eigenvalue weighted by Crippen LogP contribution is 2.66. The van der Waals surface area contributed by atoms with Gasteiger partial charge in [0.15, 0.2) is 11.6 Å². The van der Waals surface area contributed by atoms with Gasteiger partial charge in [0.05, 0.1) is 0 Å². The topological polar surface area (TPSA) is 71.4 Å². The zero-order valence-corrected chi connectivity index (χ0v) is 16.1. The summed E-state index contributed by atoms with van der Waals surface area (Å²) in [6.45, 7) is 5.99. The molecule has 0 aromatic rings. The van der Waals surface area contributed by atoms with E-state index in [0.29, 0.717) is 24.7 Å². The Balaban J connectivity index is 1.74. The van der Waals surface area contributed by atoms with Crippen LogP contribution in [0, 0.1) is 40.4 Å². The minimum atomic E-state index is -0.424. The molecule has 26 heavy (non-hydrogen) atoms. The zero-order valence-electron chi connectivity index (χ0n) is 16.1. The molecule has 3 saturated carbocycles. The van der Waals surface area contributed by atoms with E-state index >= 15 is 0 Å². The second kappa shape index (κ2) is 5.85. The Kier molecular flexibility index (Phi) is 4.07. The largest absolute Gasteiger partial charge is 0.389 e. The maximum absolute atomic E-state index is 13.4. The molecule has 1 N–H and O–H groups in total. The van der Waals surface area contributed by atoms with Crippen molar-refractivity contribution in [2.24, 2.45) is 40.4 Å². The van der Waals surface area contributed by atoms with Crippen molar-refractivity contribution in [2.45, 2.75) is 59.3 Å². The second-order valence-electron chi connectivity index (χ2n) is 9.80. The Morgan fingerprint density at radius 1 is 1.27 bits per heavy atom. The number of aliphatic hydroxyl groups excluding tert-OH is 1. The van der Waals surface area contributed by atoms with Gasteiger partial charge in [0.1, 0.15) is 12.4 Å². The summed E-state index contributed by atoms with van der Waals surface area (Å²) in [5.41, 5.74) is 0.679. The van der Waals surface area contributed by atoms with Crippen LogP contribution in [0.25, 0.3) is 0 Å². The number of aliphatic hydroxyl groups is 1. The molecule has 0 radical (unpaired) electrons. The first-order chi connectivity index (χ1) is 12.2. The van der Waals surface area contributed by atoms with Gasteiger partial charge in [-0.25, -0.2) is 0 Å². The maximum Gasteiger partial charge on any atom is 0.162 e. The normalized spacial score (nSPS) is 47.7. The molecule has 0 heterocycles. The van der Waals surface area contributed by atoms with Gasteiger partial charge in [-0.15, -0.1) is 0 Å². The van der Waals surface area contributed by atoms with E-state index in [9.17, 15) is 19.5 Å². The van der Waals surface area contributed by atoms with Crippen molar-refractivity contribution >= 4 is 17.3 Å². The number of hydrogen-bond acceptors (Lipinski definition) is 4. The average molecular weight is 358 g/mol. The van der Waals surface area contributed by atoms with Crippen LogP contribution in [-0.2, 0) is 14.4 Å². The SMILES string of the molecule is C[C@@H]1C[C@H]2[C@@H]3CCC4=CC(=O)CC[C@]4(C)[C@H]3C(=O)C[C@]2(C)[C@H]1C(=O)CO. The van der Waals surface area contributed by atoms with Crippen molar-refractivity contribution in [1.29, 1.82) is 0 Å². The van der Waals surface area contributed by atoms with E-state index in [-0.39, 0.29) is 45.9 Å². The van der Waals surface area contributed by atoms with Crippen molar-refractivity contribution in [3.05, 3.63) is 11.6 Å². The zero-order chi connectivity index (χ0) is 18.9. The Bertz CT molecular complexity index is 707. The van der Waals surface area contributed by atoms with Gasteiger partial charge in [0.2, 0.25) is 0 Å². The predicted molar refractivity (Wildman–Crippen MR) is 97.2 cm³/mol. The summed E-state index contributed by atoms with van der Waals surface area (Å²) in [4.78, 5) is 37.8. The third-order valence-corrected chi connectivity index (χ3v) is 8.49. The Morgan fingerprint density at radius 2 is 2.00 bits per heavy atom. The average Bonchev–Trinajstić information content (AvgIpc) is 2.84. The van der Waals surface area contributed by atoms with Crippen molar-refractivity contribution in [1.82, 2.24) is 0 Å². The van der Waals surface area contributed by atoms with Crippen LogP contribution in [0.4, 0.5) is 0 Å². The predicted octanol–water partition coefficient (Wildman–Crippen LogP) is 3.12. The summed E-state index contributed by atoms with van der Waals surface area (Å²) in [5.74, 6) is 1.04. The van der Waals surface area contributed by atoms with Gasteiger partial charge in [-0.3, -0.25) is 14.4 Å². The number of fused-ring (bicyclic) bond motifs is 5. The quantitative estimate of drug-likeness (QED) is 0.823. The first-order valence-corrected chi connectivity index (χ1v) is 10.1. The summed E-state index contributed by atoms with van der Waals surface area (Å²) >= 11 is 0. The van der Waals surface area contributed by atoms with Gasteiger partial charge in [-0.2, -0.15) is 0 Å². The molecule has 4 heteroatoms. The van der Waals surface area contributed by atoms with E-state index in [4.69, 9.17) is 0 Å². The number of hydrogen-bond donors (Lipinski definition) is 1. The molecule has 0 aromatic carbocycles. The fraction of sp³-hybridized carbons (Fsp3) is 0.773. The van der Waals surface area contributed by atoms with Gasteiger partial charge < -0.3 is 5.11 Å². The summed E-state index contributed by atoms with van der Waals surface area (Å²) in [5, 5.41) is 9.46. The number of carbonyl (C=O) groups is 3. The van der Waals surface area contributed by atoms with Crippen molar-refractivity contribution in [2.75, 3.05) is 6.61 Å². The van der Waals surface area contributed by atoms with E-state index in [1.807, 2.05) is 6.08 Å². The van der Waals surface area contributed by atoms with Crippen LogP contribution in [0.5, 0.6) is 0 Å². The fourth-order valence-electron chi connectivity index (χ4n) is 7.54. The molecule has 0 spiro atoms. The highest BCUT2D eigenvalue weighted by molar-refractivity contribution is 5.93. The monoisotopic (exact) mass is 358 g/mol. The van der Waals surface area contributed by atoms with Crippen LogP contribution >= 0.6 is 0 Å². The van der Waals surface area contributed by atoms with Crippen molar-refractivity contribution < 1.29 is 19.5 Å². The molecular weight excluding hydrogens is 328 g/mol. The molecule has 4 nitrogen and oxygen atoms in total. The van der Waals surface area contributed by atoms with Crippen molar-refractivity contribution in [3.63, 3.8) is 0 Å². The van der Waals surface area contributed by atoms with Gasteiger partial charge in [-0.05, 0) is 60.3 Å². The number of carbonyl (C=O) groups excluding carboxylic acids is 3. The third kappa shape index (κ3) is 2.27. The van der Waals surface area contributed by atoms with Gasteiger partial charge in [-0.1, -0.05) is 26.3 Å². The first-order valence-electron chi connectivity index (χ1n) is 10.1. The van der Waals surface area contributed by atoms with Gasteiger partial charge in [0.25, 0.3) is 0 Å². The van der Waals surface area contributed by atoms with Crippen LogP contribution in [0.2, 0.25) is 0 Å². The fourth-order valence-corrected chi connectivity index (χ4v) is 7.54. The van der Waals surface area contributed by atoms with E-state index in [2.05, 4.69) is 20.8 Å². The molecule has 0 aliphatic heterocycles. The summed E-state index contributed by atoms with van der Waals surface area (Å²) in [6.07, 6.45) is 6.39. The molecular formula is C22H30O4. The van der Waals surface area contributed by atoms with E-state index in [1.54, 1.807) is 0 Å². The van der Waals surface area contributed by atoms with Crippen LogP contribution in [0.1, 0.15) is 59.3 Å². The Morgan fingerprint density at radius 3 is 2.69 bits per heavy atom.